The van der Waals surface area contributed by atoms with Gasteiger partial charge in [0.05, 0.1) is 0 Å². The van der Waals surface area contributed by atoms with E-state index in [1.165, 1.54) is 13.3 Å². The molecule has 1 aromatic heterocycles. The van der Waals surface area contributed by atoms with Gasteiger partial charge < -0.3 is 25.3 Å². The Hall–Kier alpha value is -2.84. The Morgan fingerprint density at radius 1 is 1.57 bits per heavy atom. The minimum atomic E-state index is -1.29. The SMILES string of the molecule is CO[C@@H](C(=O)N[C@@H](CCC(=O)C=[N+]=[N-])C(=O)O)c1nccn1C. The number of hydrogen-bond donors (Lipinski definition) is 2. The second kappa shape index (κ2) is 8.57. The van der Waals surface area contributed by atoms with Gasteiger partial charge in [-0.15, -0.1) is 0 Å². The molecule has 0 aliphatic carbocycles. The van der Waals surface area contributed by atoms with Crippen LogP contribution in [0.3, 0.4) is 0 Å². The van der Waals surface area contributed by atoms with Crippen LogP contribution in [0.4, 0.5) is 0 Å². The molecule has 23 heavy (non-hydrogen) atoms. The van der Waals surface area contributed by atoms with E-state index in [4.69, 9.17) is 15.4 Å². The van der Waals surface area contributed by atoms with Crippen LogP contribution in [-0.4, -0.2) is 56.5 Å². The lowest BCUT2D eigenvalue weighted by Gasteiger charge is -2.18. The molecule has 10 heteroatoms. The quantitative estimate of drug-likeness (QED) is 0.350. The van der Waals surface area contributed by atoms with Crippen molar-refractivity contribution in [1.82, 2.24) is 14.9 Å². The zero-order chi connectivity index (χ0) is 17.4. The van der Waals surface area contributed by atoms with E-state index in [9.17, 15) is 14.4 Å². The number of amides is 1. The Morgan fingerprint density at radius 3 is 2.74 bits per heavy atom. The second-order valence-electron chi connectivity index (χ2n) is 4.66. The van der Waals surface area contributed by atoms with Gasteiger partial charge in [0.25, 0.3) is 5.91 Å². The minimum Gasteiger partial charge on any atom is -0.480 e. The molecule has 0 saturated carbocycles. The van der Waals surface area contributed by atoms with Gasteiger partial charge in [0.15, 0.2) is 6.10 Å². The van der Waals surface area contributed by atoms with Crippen molar-refractivity contribution in [2.45, 2.75) is 25.0 Å². The normalized spacial score (nSPS) is 12.8. The molecule has 0 saturated heterocycles. The van der Waals surface area contributed by atoms with Gasteiger partial charge in [-0.05, 0) is 6.42 Å². The summed E-state index contributed by atoms with van der Waals surface area (Å²) in [5.41, 5.74) is 8.23. The van der Waals surface area contributed by atoms with Crippen LogP contribution < -0.4 is 5.32 Å². The number of aliphatic carboxylic acids is 1. The summed E-state index contributed by atoms with van der Waals surface area (Å²) in [4.78, 5) is 41.2. The summed E-state index contributed by atoms with van der Waals surface area (Å²) in [6.45, 7) is 0. The minimum absolute atomic E-state index is 0.150. The van der Waals surface area contributed by atoms with Crippen molar-refractivity contribution in [3.8, 4) is 0 Å². The molecule has 0 radical (unpaired) electrons. The number of ether oxygens (including phenoxy) is 1. The number of hydrogen-bond acceptors (Lipinski definition) is 5. The molecule has 0 spiro atoms. The number of carbonyl (C=O) groups excluding carboxylic acids is 2. The summed E-state index contributed by atoms with van der Waals surface area (Å²) < 4.78 is 6.65. The molecular formula is C13H17N5O5. The monoisotopic (exact) mass is 323 g/mol. The molecule has 2 N–H and O–H groups in total. The zero-order valence-corrected chi connectivity index (χ0v) is 12.7. The molecule has 0 aliphatic heterocycles. The number of carboxylic acid groups (broad SMARTS) is 1. The van der Waals surface area contributed by atoms with Crippen molar-refractivity contribution in [2.75, 3.05) is 7.11 Å². The number of Topliss-reactive ketones (excluding diaryl/α,β-unsaturated/α-hetero) is 1. The first-order valence-corrected chi connectivity index (χ1v) is 6.64. The van der Waals surface area contributed by atoms with Crippen molar-refractivity contribution >= 4 is 23.9 Å². The molecule has 1 aromatic rings. The molecule has 1 amide bonds. The van der Waals surface area contributed by atoms with Crippen LogP contribution in [0.2, 0.25) is 0 Å². The van der Waals surface area contributed by atoms with Gasteiger partial charge in [0.1, 0.15) is 11.9 Å². The predicted octanol–water partition coefficient (Wildman–Crippen LogP) is -0.673. The Bertz CT molecular complexity index is 634. The fraction of sp³-hybridized carbons (Fsp3) is 0.462. The number of aryl methyl sites for hydroxylation is 1. The lowest BCUT2D eigenvalue weighted by molar-refractivity contribution is -0.144. The van der Waals surface area contributed by atoms with Crippen molar-refractivity contribution in [3.63, 3.8) is 0 Å². The van der Waals surface area contributed by atoms with Crippen LogP contribution in [0.5, 0.6) is 0 Å². The maximum Gasteiger partial charge on any atom is 0.326 e. The molecule has 124 valence electrons. The van der Waals surface area contributed by atoms with E-state index >= 15 is 0 Å². The lowest BCUT2D eigenvalue weighted by Crippen LogP contribution is -2.44. The highest BCUT2D eigenvalue weighted by molar-refractivity contribution is 6.25. The number of carboxylic acids is 1. The number of nitrogens with zero attached hydrogens (tertiary/aromatic N) is 4. The largest absolute Gasteiger partial charge is 0.480 e. The number of ketones is 1. The fourth-order valence-electron chi connectivity index (χ4n) is 1.88. The smallest absolute Gasteiger partial charge is 0.326 e. The summed E-state index contributed by atoms with van der Waals surface area (Å²) >= 11 is 0. The van der Waals surface area contributed by atoms with Crippen LogP contribution in [0.25, 0.3) is 5.53 Å². The summed E-state index contributed by atoms with van der Waals surface area (Å²) in [7, 11) is 2.97. The summed E-state index contributed by atoms with van der Waals surface area (Å²) in [5, 5.41) is 11.4. The van der Waals surface area contributed by atoms with E-state index in [1.807, 2.05) is 0 Å². The van der Waals surface area contributed by atoms with Crippen molar-refractivity contribution < 1.29 is 29.0 Å². The molecule has 0 bridgehead atoms. The first-order valence-electron chi connectivity index (χ1n) is 6.64. The van der Waals surface area contributed by atoms with E-state index in [2.05, 4.69) is 15.1 Å². The van der Waals surface area contributed by atoms with Gasteiger partial charge in [-0.25, -0.2) is 9.78 Å². The molecule has 0 unspecified atom stereocenters. The van der Waals surface area contributed by atoms with Crippen LogP contribution in [0.1, 0.15) is 24.8 Å². The number of methoxy groups -OCH3 is 1. The highest BCUT2D eigenvalue weighted by Gasteiger charge is 2.29. The third kappa shape index (κ3) is 5.13. The molecule has 1 rings (SSSR count). The fourth-order valence-corrected chi connectivity index (χ4v) is 1.88. The molecule has 1 heterocycles. The predicted molar refractivity (Wildman–Crippen MR) is 76.4 cm³/mol. The number of rotatable bonds is 9. The molecule has 0 aliphatic rings. The second-order valence-corrected chi connectivity index (χ2v) is 4.66. The highest BCUT2D eigenvalue weighted by Crippen LogP contribution is 2.14. The highest BCUT2D eigenvalue weighted by atomic mass is 16.5. The van der Waals surface area contributed by atoms with Crippen molar-refractivity contribution in [2.24, 2.45) is 7.05 Å². The first-order chi connectivity index (χ1) is 10.9. The molecule has 0 aromatic carbocycles. The maximum absolute atomic E-state index is 12.2. The van der Waals surface area contributed by atoms with Gasteiger partial charge >= 0.3 is 12.2 Å². The topological polar surface area (TPSA) is 147 Å². The Labute approximate surface area is 131 Å². The van der Waals surface area contributed by atoms with Crippen LogP contribution in [0, 0.1) is 0 Å². The van der Waals surface area contributed by atoms with E-state index in [0.29, 0.717) is 12.0 Å². The van der Waals surface area contributed by atoms with E-state index < -0.39 is 29.8 Å². The van der Waals surface area contributed by atoms with Crippen molar-refractivity contribution in [1.29, 1.82) is 0 Å². The molecule has 2 atom stereocenters. The van der Waals surface area contributed by atoms with Gasteiger partial charge in [-0.2, -0.15) is 4.79 Å². The van der Waals surface area contributed by atoms with Crippen molar-refractivity contribution in [3.05, 3.63) is 23.7 Å². The van der Waals surface area contributed by atoms with Crippen LogP contribution >= 0.6 is 0 Å². The Morgan fingerprint density at radius 2 is 2.26 bits per heavy atom. The van der Waals surface area contributed by atoms with Gasteiger partial charge in [-0.1, -0.05) is 0 Å². The summed E-state index contributed by atoms with van der Waals surface area (Å²) in [6, 6.07) is -1.28. The third-order valence-electron chi connectivity index (χ3n) is 3.06. The standard InChI is InChI=1S/C13H17N5O5/c1-18-6-5-15-11(18)10(23-2)12(20)17-9(13(21)22)4-3-8(19)7-16-14/h5-7,9-10H,3-4H2,1-2H3,(H,17,20)(H,21,22)/t9-,10+/m0/s1. The van der Waals surface area contributed by atoms with Crippen LogP contribution in [0.15, 0.2) is 12.4 Å². The van der Waals surface area contributed by atoms with Crippen LogP contribution in [-0.2, 0) is 26.2 Å². The van der Waals surface area contributed by atoms with Gasteiger partial charge in [-0.3, -0.25) is 9.59 Å². The third-order valence-corrected chi connectivity index (χ3v) is 3.06. The summed E-state index contributed by atoms with van der Waals surface area (Å²) in [5.74, 6) is -2.21. The van der Waals surface area contributed by atoms with E-state index in [-0.39, 0.29) is 12.8 Å². The number of nitrogens with one attached hydrogen (secondary N) is 1. The Kier molecular flexibility index (Phi) is 6.78. The Balaban J connectivity index is 2.76. The zero-order valence-electron chi connectivity index (χ0n) is 12.7. The average molecular weight is 323 g/mol. The number of carbonyl (C=O) groups is 3. The molecular weight excluding hydrogens is 306 g/mol. The summed E-state index contributed by atoms with van der Waals surface area (Å²) in [6.07, 6.45) is 2.36. The maximum atomic E-state index is 12.2. The van der Waals surface area contributed by atoms with Gasteiger partial charge in [0, 0.05) is 33.0 Å². The van der Waals surface area contributed by atoms with E-state index in [0.717, 1.165) is 0 Å². The molecule has 0 fully saturated rings. The number of imidazole rings is 1. The lowest BCUT2D eigenvalue weighted by atomic mass is 10.1. The average Bonchev–Trinajstić information content (AvgIpc) is 2.90. The van der Waals surface area contributed by atoms with E-state index in [1.54, 1.807) is 17.8 Å². The van der Waals surface area contributed by atoms with Gasteiger partial charge in [0.2, 0.25) is 5.78 Å². The first kappa shape index (κ1) is 18.2. The molecule has 10 nitrogen and oxygen atoms in total. The number of aromatic nitrogens is 2.